The number of aryl methyl sites for hydroxylation is 2. The maximum atomic E-state index is 11.9. The lowest BCUT2D eigenvalue weighted by Crippen LogP contribution is -2.26. The Balaban J connectivity index is 2.65. The van der Waals surface area contributed by atoms with Crippen LogP contribution >= 0.6 is 0 Å². The van der Waals surface area contributed by atoms with Gasteiger partial charge in [-0.2, -0.15) is 0 Å². The van der Waals surface area contributed by atoms with E-state index in [-0.39, 0.29) is 5.78 Å². The summed E-state index contributed by atoms with van der Waals surface area (Å²) < 4.78 is 0. The molecular formula is C12H20N2O. The van der Waals surface area contributed by atoms with Crippen molar-refractivity contribution in [2.24, 2.45) is 0 Å². The smallest absolute Gasteiger partial charge is 0.178 e. The minimum absolute atomic E-state index is 0.202. The van der Waals surface area contributed by atoms with E-state index in [0.717, 1.165) is 29.9 Å². The summed E-state index contributed by atoms with van der Waals surface area (Å²) in [5.74, 6) is 0.202. The van der Waals surface area contributed by atoms with Crippen molar-refractivity contribution in [3.8, 4) is 0 Å². The number of likely N-dealkylation sites (N-methyl/N-ethyl adjacent to an activating group) is 1. The van der Waals surface area contributed by atoms with E-state index >= 15 is 0 Å². The lowest BCUT2D eigenvalue weighted by atomic mass is 10.1. The second kappa shape index (κ2) is 5.12. The summed E-state index contributed by atoms with van der Waals surface area (Å²) in [6, 6.07) is 1.93. The van der Waals surface area contributed by atoms with E-state index in [1.165, 1.54) is 0 Å². The number of hydrogen-bond acceptors (Lipinski definition) is 2. The van der Waals surface area contributed by atoms with E-state index < -0.39 is 0 Å². The molecule has 15 heavy (non-hydrogen) atoms. The fraction of sp³-hybridized carbons (Fsp3) is 0.583. The number of carbonyl (C=O) groups excluding carboxylic acids is 1. The fourth-order valence-corrected chi connectivity index (χ4v) is 1.80. The molecular weight excluding hydrogens is 188 g/mol. The lowest BCUT2D eigenvalue weighted by Gasteiger charge is -2.13. The molecule has 0 unspecified atom stereocenters. The van der Waals surface area contributed by atoms with E-state index in [1.54, 1.807) is 0 Å². The maximum absolute atomic E-state index is 11.9. The minimum Gasteiger partial charge on any atom is -0.362 e. The van der Waals surface area contributed by atoms with Crippen LogP contribution < -0.4 is 0 Å². The van der Waals surface area contributed by atoms with Crippen LogP contribution in [-0.2, 0) is 0 Å². The number of carbonyl (C=O) groups is 1. The van der Waals surface area contributed by atoms with Gasteiger partial charge in [-0.3, -0.25) is 9.69 Å². The molecule has 0 spiro atoms. The number of aromatic nitrogens is 1. The third-order valence-corrected chi connectivity index (χ3v) is 2.47. The lowest BCUT2D eigenvalue weighted by molar-refractivity contribution is 0.0946. The largest absolute Gasteiger partial charge is 0.362 e. The molecule has 1 N–H and O–H groups in total. The van der Waals surface area contributed by atoms with Gasteiger partial charge in [0.25, 0.3) is 0 Å². The molecule has 0 radical (unpaired) electrons. The molecule has 0 bridgehead atoms. The summed E-state index contributed by atoms with van der Waals surface area (Å²) in [5, 5.41) is 0. The van der Waals surface area contributed by atoms with Crippen LogP contribution in [0.1, 0.15) is 35.1 Å². The first-order valence-corrected chi connectivity index (χ1v) is 5.42. The second-order valence-electron chi connectivity index (χ2n) is 4.15. The van der Waals surface area contributed by atoms with Gasteiger partial charge in [0.2, 0.25) is 0 Å². The van der Waals surface area contributed by atoms with Crippen LogP contribution in [0.2, 0.25) is 0 Å². The van der Waals surface area contributed by atoms with Gasteiger partial charge in [-0.25, -0.2) is 0 Å². The van der Waals surface area contributed by atoms with Crippen molar-refractivity contribution in [3.05, 3.63) is 23.0 Å². The van der Waals surface area contributed by atoms with Crippen LogP contribution in [-0.4, -0.2) is 35.8 Å². The molecule has 3 heteroatoms. The Morgan fingerprint density at radius 2 is 2.13 bits per heavy atom. The van der Waals surface area contributed by atoms with Crippen LogP contribution in [0.5, 0.6) is 0 Å². The van der Waals surface area contributed by atoms with Gasteiger partial charge in [0.15, 0.2) is 5.78 Å². The van der Waals surface area contributed by atoms with E-state index in [0.29, 0.717) is 6.54 Å². The van der Waals surface area contributed by atoms with E-state index in [4.69, 9.17) is 0 Å². The summed E-state index contributed by atoms with van der Waals surface area (Å²) in [4.78, 5) is 17.1. The van der Waals surface area contributed by atoms with Crippen LogP contribution in [0.3, 0.4) is 0 Å². The monoisotopic (exact) mass is 208 g/mol. The number of rotatable bonds is 5. The summed E-state index contributed by atoms with van der Waals surface area (Å²) in [6.45, 7) is 7.51. The zero-order valence-corrected chi connectivity index (χ0v) is 10.1. The summed E-state index contributed by atoms with van der Waals surface area (Å²) in [7, 11) is 1.98. The first-order valence-electron chi connectivity index (χ1n) is 5.42. The van der Waals surface area contributed by atoms with Gasteiger partial charge in [-0.05, 0) is 39.9 Å². The molecule has 1 heterocycles. The Kier molecular flexibility index (Phi) is 4.09. The molecule has 0 aliphatic carbocycles. The summed E-state index contributed by atoms with van der Waals surface area (Å²) >= 11 is 0. The minimum atomic E-state index is 0.202. The van der Waals surface area contributed by atoms with Crippen molar-refractivity contribution in [2.45, 2.75) is 27.2 Å². The summed E-state index contributed by atoms with van der Waals surface area (Å²) in [5.41, 5.74) is 2.85. The van der Waals surface area contributed by atoms with Crippen LogP contribution in [0.4, 0.5) is 0 Å². The quantitative estimate of drug-likeness (QED) is 0.753. The first kappa shape index (κ1) is 12.0. The number of ketones is 1. The molecule has 1 aromatic heterocycles. The highest BCUT2D eigenvalue weighted by atomic mass is 16.1. The van der Waals surface area contributed by atoms with Crippen molar-refractivity contribution >= 4 is 5.78 Å². The van der Waals surface area contributed by atoms with Crippen molar-refractivity contribution in [1.82, 2.24) is 9.88 Å². The van der Waals surface area contributed by atoms with Crippen LogP contribution in [0, 0.1) is 13.8 Å². The highest BCUT2D eigenvalue weighted by Crippen LogP contribution is 2.10. The number of nitrogens with one attached hydrogen (secondary N) is 1. The molecule has 0 atom stereocenters. The zero-order valence-electron chi connectivity index (χ0n) is 10.1. The zero-order chi connectivity index (χ0) is 11.4. The van der Waals surface area contributed by atoms with E-state index in [2.05, 4.69) is 16.8 Å². The standard InChI is InChI=1S/C12H20N2O/c1-5-6-14(4)8-12(15)11-7-9(2)13-10(11)3/h7,13H,5-6,8H2,1-4H3. The molecule has 0 aliphatic rings. The Morgan fingerprint density at radius 3 is 2.60 bits per heavy atom. The Labute approximate surface area is 91.5 Å². The second-order valence-corrected chi connectivity index (χ2v) is 4.15. The number of Topliss-reactive ketones (excluding diaryl/α,β-unsaturated/α-hetero) is 1. The SMILES string of the molecule is CCCN(C)CC(=O)c1cc(C)[nH]c1C. The van der Waals surface area contributed by atoms with E-state index in [1.807, 2.05) is 27.0 Å². The molecule has 0 aliphatic heterocycles. The Hall–Kier alpha value is -1.09. The first-order chi connectivity index (χ1) is 7.04. The predicted octanol–water partition coefficient (Wildman–Crippen LogP) is 2.16. The highest BCUT2D eigenvalue weighted by Gasteiger charge is 2.12. The average molecular weight is 208 g/mol. The molecule has 1 rings (SSSR count). The summed E-state index contributed by atoms with van der Waals surface area (Å²) in [6.07, 6.45) is 1.08. The molecule has 1 aromatic rings. The normalized spacial score (nSPS) is 11.0. The molecule has 0 fully saturated rings. The molecule has 0 aromatic carbocycles. The van der Waals surface area contributed by atoms with Gasteiger partial charge in [0.05, 0.1) is 6.54 Å². The number of H-pyrrole nitrogens is 1. The molecule has 0 saturated carbocycles. The highest BCUT2D eigenvalue weighted by molar-refractivity contribution is 5.98. The van der Waals surface area contributed by atoms with Crippen molar-refractivity contribution < 1.29 is 4.79 Å². The van der Waals surface area contributed by atoms with Crippen molar-refractivity contribution in [1.29, 1.82) is 0 Å². The van der Waals surface area contributed by atoms with Gasteiger partial charge in [-0.15, -0.1) is 0 Å². The van der Waals surface area contributed by atoms with Gasteiger partial charge in [-0.1, -0.05) is 6.92 Å². The molecule has 3 nitrogen and oxygen atoms in total. The number of nitrogens with zero attached hydrogens (tertiary/aromatic N) is 1. The number of aromatic amines is 1. The third-order valence-electron chi connectivity index (χ3n) is 2.47. The topological polar surface area (TPSA) is 36.1 Å². The van der Waals surface area contributed by atoms with Crippen molar-refractivity contribution in [2.75, 3.05) is 20.1 Å². The third kappa shape index (κ3) is 3.20. The van der Waals surface area contributed by atoms with Gasteiger partial charge in [0, 0.05) is 17.0 Å². The van der Waals surface area contributed by atoms with Gasteiger partial charge in [0.1, 0.15) is 0 Å². The Bertz CT molecular complexity index is 341. The number of hydrogen-bond donors (Lipinski definition) is 1. The van der Waals surface area contributed by atoms with Gasteiger partial charge < -0.3 is 4.98 Å². The molecule has 0 saturated heterocycles. The van der Waals surface area contributed by atoms with Crippen LogP contribution in [0.25, 0.3) is 0 Å². The fourth-order valence-electron chi connectivity index (χ4n) is 1.80. The Morgan fingerprint density at radius 1 is 1.47 bits per heavy atom. The maximum Gasteiger partial charge on any atom is 0.178 e. The van der Waals surface area contributed by atoms with E-state index in [9.17, 15) is 4.79 Å². The van der Waals surface area contributed by atoms with Crippen molar-refractivity contribution in [3.63, 3.8) is 0 Å². The molecule has 0 amide bonds. The van der Waals surface area contributed by atoms with Crippen LogP contribution in [0.15, 0.2) is 6.07 Å². The predicted molar refractivity (Wildman–Crippen MR) is 62.4 cm³/mol. The molecule has 84 valence electrons. The average Bonchev–Trinajstić information content (AvgIpc) is 2.45. The van der Waals surface area contributed by atoms with Gasteiger partial charge >= 0.3 is 0 Å².